The minimum absolute atomic E-state index is 0.767. The van der Waals surface area contributed by atoms with Crippen molar-refractivity contribution in [2.24, 2.45) is 0 Å². The van der Waals surface area contributed by atoms with Gasteiger partial charge in [0.2, 0.25) is 0 Å². The molecular weight excluding hydrogens is 393 g/mol. The first-order valence-corrected chi connectivity index (χ1v) is 10.0. The second-order valence-corrected chi connectivity index (χ2v) is 8.66. The lowest BCUT2D eigenvalue weighted by atomic mass is 9.97. The molecule has 0 atom stereocenters. The van der Waals surface area contributed by atoms with Gasteiger partial charge in [-0.15, -0.1) is 0 Å². The number of fused-ring (bicyclic) bond motifs is 2. The summed E-state index contributed by atoms with van der Waals surface area (Å²) in [6.07, 6.45) is 0. The minimum Gasteiger partial charge on any atom is -0.0787 e. The standard InChI is InChI=1S/C22H16S4/c1-9-5-13-14(6-10(9)2)20(24)18-17(19(13)23)21(25)15-7-11(3)12(4)8-16(15)22(18)26/h5-8H,1-4H3. The van der Waals surface area contributed by atoms with Gasteiger partial charge in [0, 0.05) is 32.0 Å². The van der Waals surface area contributed by atoms with Crippen LogP contribution in [0.25, 0.3) is 21.5 Å². The molecule has 0 unspecified atom stereocenters. The van der Waals surface area contributed by atoms with Gasteiger partial charge in [-0.1, -0.05) is 48.9 Å². The summed E-state index contributed by atoms with van der Waals surface area (Å²) >= 11 is 23.5. The van der Waals surface area contributed by atoms with Crippen molar-refractivity contribution in [2.75, 3.05) is 0 Å². The van der Waals surface area contributed by atoms with Gasteiger partial charge in [-0.25, -0.2) is 0 Å². The minimum atomic E-state index is 0.767. The average molecular weight is 409 g/mol. The van der Waals surface area contributed by atoms with Gasteiger partial charge in [0.1, 0.15) is 0 Å². The molecule has 0 spiro atoms. The Kier molecular flexibility index (Phi) is 4.16. The zero-order valence-electron chi connectivity index (χ0n) is 14.9. The Morgan fingerprint density at radius 1 is 0.423 bits per heavy atom. The fraction of sp³-hybridized carbons (Fsp3) is 0.182. The number of hydrogen-bond donors (Lipinski definition) is 0. The molecule has 0 saturated heterocycles. The van der Waals surface area contributed by atoms with E-state index in [4.69, 9.17) is 48.9 Å². The molecule has 0 aromatic heterocycles. The fourth-order valence-corrected chi connectivity index (χ4v) is 5.20. The van der Waals surface area contributed by atoms with Crippen LogP contribution in [0.1, 0.15) is 22.3 Å². The van der Waals surface area contributed by atoms with Crippen LogP contribution in [0, 0.1) is 56.2 Å². The van der Waals surface area contributed by atoms with Gasteiger partial charge in [0.25, 0.3) is 0 Å². The second kappa shape index (κ2) is 6.03. The Labute approximate surface area is 172 Å². The summed E-state index contributed by atoms with van der Waals surface area (Å²) in [6, 6.07) is 8.52. The first-order chi connectivity index (χ1) is 12.2. The Balaban J connectivity index is 2.52. The quantitative estimate of drug-likeness (QED) is 0.273. The number of hydrogen-bond acceptors (Lipinski definition) is 4. The molecule has 2 aliphatic carbocycles. The molecule has 0 aliphatic heterocycles. The second-order valence-electron chi connectivity index (χ2n) is 7.03. The largest absolute Gasteiger partial charge is 0.0787 e. The van der Waals surface area contributed by atoms with E-state index in [1.165, 1.54) is 22.3 Å². The van der Waals surface area contributed by atoms with Gasteiger partial charge < -0.3 is 0 Å². The van der Waals surface area contributed by atoms with Crippen LogP contribution in [-0.4, -0.2) is 0 Å². The summed E-state index contributed by atoms with van der Waals surface area (Å²) in [5, 5.41) is 5.76. The van der Waals surface area contributed by atoms with Crippen molar-refractivity contribution >= 4 is 70.4 Å². The molecule has 0 radical (unpaired) electrons. The fourth-order valence-electron chi connectivity index (χ4n) is 3.58. The maximum Gasteiger partial charge on any atom is 0.0550 e. The maximum atomic E-state index is 5.87. The third-order valence-electron chi connectivity index (χ3n) is 5.40. The van der Waals surface area contributed by atoms with Crippen molar-refractivity contribution in [2.45, 2.75) is 27.7 Å². The van der Waals surface area contributed by atoms with E-state index in [1.54, 1.807) is 0 Å². The van der Waals surface area contributed by atoms with Crippen molar-refractivity contribution in [3.8, 4) is 0 Å². The molecule has 4 rings (SSSR count). The zero-order chi connectivity index (χ0) is 18.9. The summed E-state index contributed by atoms with van der Waals surface area (Å²) in [7, 11) is 0. The Morgan fingerprint density at radius 3 is 0.808 bits per heavy atom. The molecule has 128 valence electrons. The molecule has 0 fully saturated rings. The van der Waals surface area contributed by atoms with E-state index in [9.17, 15) is 0 Å². The first kappa shape index (κ1) is 17.9. The summed E-state index contributed by atoms with van der Waals surface area (Å²) in [4.78, 5) is 0. The maximum absolute atomic E-state index is 5.87. The third kappa shape index (κ3) is 2.36. The van der Waals surface area contributed by atoms with E-state index < -0.39 is 0 Å². The van der Waals surface area contributed by atoms with Crippen molar-refractivity contribution in [3.63, 3.8) is 0 Å². The van der Waals surface area contributed by atoms with Gasteiger partial charge in [0.15, 0.2) is 0 Å². The van der Waals surface area contributed by atoms with Gasteiger partial charge in [-0.2, -0.15) is 0 Å². The lowest BCUT2D eigenvalue weighted by Crippen LogP contribution is -1.92. The van der Waals surface area contributed by atoms with Crippen LogP contribution >= 0.6 is 48.9 Å². The van der Waals surface area contributed by atoms with Crippen molar-refractivity contribution in [3.05, 3.63) is 75.0 Å². The SMILES string of the molecule is Cc1cc2c(=S)c3c(=S)c4cc(C)c(C)cc4c(=S)c=3c(=S)c2cc1C. The lowest BCUT2D eigenvalue weighted by molar-refractivity contribution is 1.35. The van der Waals surface area contributed by atoms with Crippen molar-refractivity contribution < 1.29 is 0 Å². The monoisotopic (exact) mass is 408 g/mol. The van der Waals surface area contributed by atoms with Crippen LogP contribution in [0.5, 0.6) is 0 Å². The Morgan fingerprint density at radius 2 is 0.615 bits per heavy atom. The topological polar surface area (TPSA) is 0 Å². The van der Waals surface area contributed by atoms with Crippen molar-refractivity contribution in [1.82, 2.24) is 0 Å². The highest BCUT2D eigenvalue weighted by atomic mass is 32.1. The molecule has 0 nitrogen and oxygen atoms in total. The highest BCUT2D eigenvalue weighted by molar-refractivity contribution is 7.73. The predicted octanol–water partition coefficient (Wildman–Crippen LogP) is 7.75. The van der Waals surface area contributed by atoms with E-state index in [0.717, 1.165) is 50.0 Å². The Hall–Kier alpha value is -1.46. The summed E-state index contributed by atoms with van der Waals surface area (Å²) in [6.45, 7) is 8.37. The van der Waals surface area contributed by atoms with E-state index in [2.05, 4.69) is 52.0 Å². The van der Waals surface area contributed by atoms with E-state index >= 15 is 0 Å². The molecule has 0 bridgehead atoms. The number of aryl methyl sites for hydroxylation is 4. The van der Waals surface area contributed by atoms with Crippen LogP contribution in [0.4, 0.5) is 0 Å². The molecule has 2 aromatic carbocycles. The van der Waals surface area contributed by atoms with Gasteiger partial charge in [-0.3, -0.25) is 0 Å². The van der Waals surface area contributed by atoms with E-state index in [0.29, 0.717) is 0 Å². The first-order valence-electron chi connectivity index (χ1n) is 8.38. The highest BCUT2D eigenvalue weighted by Crippen LogP contribution is 2.30. The molecule has 0 N–H and O–H groups in total. The molecule has 2 aromatic rings. The van der Waals surface area contributed by atoms with Gasteiger partial charge in [-0.05, 0) is 74.2 Å². The van der Waals surface area contributed by atoms with Gasteiger partial charge in [0.05, 0.1) is 18.0 Å². The van der Waals surface area contributed by atoms with Crippen molar-refractivity contribution in [1.29, 1.82) is 0 Å². The van der Waals surface area contributed by atoms with E-state index in [1.807, 2.05) is 0 Å². The summed E-state index contributed by atoms with van der Waals surface area (Å²) < 4.78 is 3.07. The zero-order valence-corrected chi connectivity index (χ0v) is 18.2. The van der Waals surface area contributed by atoms with Crippen LogP contribution in [-0.2, 0) is 0 Å². The Bertz CT molecular complexity index is 1310. The molecule has 4 heteroatoms. The molecule has 2 aliphatic rings. The number of benzene rings is 2. The van der Waals surface area contributed by atoms with Gasteiger partial charge >= 0.3 is 0 Å². The molecule has 0 saturated carbocycles. The molecule has 0 heterocycles. The molecular formula is C22H16S4. The van der Waals surface area contributed by atoms with Crippen LogP contribution in [0.15, 0.2) is 24.3 Å². The summed E-state index contributed by atoms with van der Waals surface area (Å²) in [5.74, 6) is 0. The molecule has 26 heavy (non-hydrogen) atoms. The predicted molar refractivity (Wildman–Crippen MR) is 121 cm³/mol. The smallest absolute Gasteiger partial charge is 0.0550 e. The lowest BCUT2D eigenvalue weighted by Gasteiger charge is -2.09. The van der Waals surface area contributed by atoms with E-state index in [-0.39, 0.29) is 0 Å². The van der Waals surface area contributed by atoms with Crippen LogP contribution in [0.3, 0.4) is 0 Å². The normalized spacial score (nSPS) is 11.7. The highest BCUT2D eigenvalue weighted by Gasteiger charge is 2.12. The number of rotatable bonds is 0. The average Bonchev–Trinajstić information content (AvgIpc) is 2.59. The summed E-state index contributed by atoms with van der Waals surface area (Å²) in [5.41, 5.74) is 4.81. The third-order valence-corrected chi connectivity index (χ3v) is 7.10. The van der Waals surface area contributed by atoms with Crippen LogP contribution < -0.4 is 0 Å². The van der Waals surface area contributed by atoms with Crippen LogP contribution in [0.2, 0.25) is 0 Å². The molecule has 0 amide bonds.